The van der Waals surface area contributed by atoms with Crippen LogP contribution >= 0.6 is 0 Å². The Bertz CT molecular complexity index is 500. The molecule has 1 atom stereocenters. The second kappa shape index (κ2) is 6.40. The van der Waals surface area contributed by atoms with Crippen LogP contribution in [0.2, 0.25) is 0 Å². The Hall–Kier alpha value is -2.05. The molecule has 4 nitrogen and oxygen atoms in total. The molecule has 0 saturated heterocycles. The van der Waals surface area contributed by atoms with E-state index in [1.807, 2.05) is 0 Å². The molecule has 0 saturated carbocycles. The Labute approximate surface area is 113 Å². The monoisotopic (exact) mass is 289 g/mol. The number of rotatable bonds is 4. The zero-order valence-corrected chi connectivity index (χ0v) is 11.0. The Morgan fingerprint density at radius 3 is 2.50 bits per heavy atom. The molecule has 0 aromatic heterocycles. The van der Waals surface area contributed by atoms with Crippen LogP contribution in [0, 0.1) is 0 Å². The molecule has 0 bridgehead atoms. The third-order valence-corrected chi connectivity index (χ3v) is 2.52. The molecule has 1 aromatic rings. The normalized spacial score (nSPS) is 12.7. The number of nitrogens with one attached hydrogen (secondary N) is 1. The number of hydrogen-bond acceptors (Lipinski definition) is 3. The molecule has 0 radical (unpaired) electrons. The minimum atomic E-state index is -4.44. The van der Waals surface area contributed by atoms with Crippen molar-refractivity contribution in [2.24, 2.45) is 0 Å². The molecule has 1 amide bonds. The molecule has 0 aliphatic carbocycles. The van der Waals surface area contributed by atoms with E-state index in [4.69, 9.17) is 0 Å². The first-order valence-corrected chi connectivity index (χ1v) is 5.75. The van der Waals surface area contributed by atoms with Gasteiger partial charge in [0.05, 0.1) is 25.1 Å². The highest BCUT2D eigenvalue weighted by molar-refractivity contribution is 5.89. The van der Waals surface area contributed by atoms with Crippen LogP contribution in [0.5, 0.6) is 0 Å². The number of benzene rings is 1. The number of carbonyl (C=O) groups excluding carboxylic acids is 2. The molecule has 1 rings (SSSR count). The standard InChI is InChI=1S/C13H14F3NO3/c1-8(18)17-11(7-13(14,15)16)9-4-3-5-10(6-9)12(19)20-2/h3-6,11H,7H2,1-2H3,(H,17,18). The SMILES string of the molecule is COC(=O)c1cccc(C(CC(F)(F)F)NC(C)=O)c1. The van der Waals surface area contributed by atoms with Gasteiger partial charge in [-0.15, -0.1) is 0 Å². The third kappa shape index (κ3) is 4.91. The van der Waals surface area contributed by atoms with Crippen LogP contribution in [0.25, 0.3) is 0 Å². The number of methoxy groups -OCH3 is 1. The van der Waals surface area contributed by atoms with Crippen molar-refractivity contribution in [2.75, 3.05) is 7.11 Å². The van der Waals surface area contributed by atoms with Crippen molar-refractivity contribution in [1.29, 1.82) is 0 Å². The molecular weight excluding hydrogens is 275 g/mol. The lowest BCUT2D eigenvalue weighted by atomic mass is 10.0. The summed E-state index contributed by atoms with van der Waals surface area (Å²) in [6.07, 6.45) is -5.65. The van der Waals surface area contributed by atoms with Crippen molar-refractivity contribution in [3.8, 4) is 0 Å². The summed E-state index contributed by atoms with van der Waals surface area (Å²) in [6, 6.07) is 4.31. The first-order valence-electron chi connectivity index (χ1n) is 5.75. The highest BCUT2D eigenvalue weighted by Gasteiger charge is 2.33. The molecule has 0 fully saturated rings. The molecule has 20 heavy (non-hydrogen) atoms. The Morgan fingerprint density at radius 2 is 2.00 bits per heavy atom. The third-order valence-electron chi connectivity index (χ3n) is 2.52. The largest absolute Gasteiger partial charge is 0.465 e. The van der Waals surface area contributed by atoms with Crippen molar-refractivity contribution < 1.29 is 27.5 Å². The zero-order chi connectivity index (χ0) is 15.3. The fraction of sp³-hybridized carbons (Fsp3) is 0.385. The van der Waals surface area contributed by atoms with Crippen molar-refractivity contribution in [2.45, 2.75) is 25.6 Å². The molecule has 1 unspecified atom stereocenters. The summed E-state index contributed by atoms with van der Waals surface area (Å²) in [5.41, 5.74) is 0.322. The lowest BCUT2D eigenvalue weighted by molar-refractivity contribution is -0.142. The van der Waals surface area contributed by atoms with Crippen LogP contribution in [0.4, 0.5) is 13.2 Å². The molecule has 1 N–H and O–H groups in total. The number of alkyl halides is 3. The summed E-state index contributed by atoms with van der Waals surface area (Å²) >= 11 is 0. The summed E-state index contributed by atoms with van der Waals surface area (Å²) < 4.78 is 42.1. The van der Waals surface area contributed by atoms with Gasteiger partial charge >= 0.3 is 12.1 Å². The minimum absolute atomic E-state index is 0.127. The van der Waals surface area contributed by atoms with E-state index in [9.17, 15) is 22.8 Å². The molecule has 0 aliphatic heterocycles. The molecular formula is C13H14F3NO3. The zero-order valence-electron chi connectivity index (χ0n) is 11.0. The highest BCUT2D eigenvalue weighted by atomic mass is 19.4. The maximum atomic E-state index is 12.5. The summed E-state index contributed by atoms with van der Waals surface area (Å²) in [5, 5.41) is 2.23. The maximum absolute atomic E-state index is 12.5. The number of hydrogen-bond donors (Lipinski definition) is 1. The Balaban J connectivity index is 3.06. The lowest BCUT2D eigenvalue weighted by Crippen LogP contribution is -2.30. The van der Waals surface area contributed by atoms with Gasteiger partial charge in [0.15, 0.2) is 0 Å². The van der Waals surface area contributed by atoms with Crippen LogP contribution in [0.3, 0.4) is 0 Å². The van der Waals surface area contributed by atoms with E-state index in [1.54, 1.807) is 0 Å². The van der Waals surface area contributed by atoms with Gasteiger partial charge in [-0.2, -0.15) is 13.2 Å². The van der Waals surface area contributed by atoms with Crippen LogP contribution < -0.4 is 5.32 Å². The van der Waals surface area contributed by atoms with Gasteiger partial charge in [0, 0.05) is 6.92 Å². The van der Waals surface area contributed by atoms with E-state index in [0.29, 0.717) is 0 Å². The summed E-state index contributed by atoms with van der Waals surface area (Å²) in [6.45, 7) is 1.13. The second-order valence-electron chi connectivity index (χ2n) is 4.19. The fourth-order valence-electron chi connectivity index (χ4n) is 1.73. The summed E-state index contributed by atoms with van der Waals surface area (Å²) in [7, 11) is 1.18. The first-order chi connectivity index (χ1) is 9.23. The number of esters is 1. The van der Waals surface area contributed by atoms with Gasteiger partial charge in [-0.05, 0) is 17.7 Å². The van der Waals surface area contributed by atoms with Crippen LogP contribution in [-0.2, 0) is 9.53 Å². The van der Waals surface area contributed by atoms with E-state index >= 15 is 0 Å². The molecule has 0 spiro atoms. The van der Waals surface area contributed by atoms with Crippen molar-refractivity contribution in [3.05, 3.63) is 35.4 Å². The van der Waals surface area contributed by atoms with Crippen LogP contribution in [-0.4, -0.2) is 25.2 Å². The lowest BCUT2D eigenvalue weighted by Gasteiger charge is -2.20. The number of carbonyl (C=O) groups is 2. The van der Waals surface area contributed by atoms with Gasteiger partial charge in [-0.3, -0.25) is 4.79 Å². The second-order valence-corrected chi connectivity index (χ2v) is 4.19. The van der Waals surface area contributed by atoms with Gasteiger partial charge in [0.2, 0.25) is 5.91 Å². The summed E-state index contributed by atoms with van der Waals surface area (Å²) in [4.78, 5) is 22.4. The Morgan fingerprint density at radius 1 is 1.35 bits per heavy atom. The smallest absolute Gasteiger partial charge is 0.391 e. The van der Waals surface area contributed by atoms with E-state index in [-0.39, 0.29) is 11.1 Å². The molecule has 0 aliphatic rings. The Kier molecular flexibility index (Phi) is 5.12. The van der Waals surface area contributed by atoms with Gasteiger partial charge in [-0.25, -0.2) is 4.79 Å². The predicted molar refractivity (Wildman–Crippen MR) is 65.0 cm³/mol. The first kappa shape index (κ1) is 16.0. The molecule has 7 heteroatoms. The average molecular weight is 289 g/mol. The quantitative estimate of drug-likeness (QED) is 0.867. The van der Waals surface area contributed by atoms with Gasteiger partial charge in [-0.1, -0.05) is 12.1 Å². The molecule has 0 heterocycles. The molecule has 110 valence electrons. The van der Waals surface area contributed by atoms with Crippen molar-refractivity contribution in [3.63, 3.8) is 0 Å². The molecule has 1 aromatic carbocycles. The van der Waals surface area contributed by atoms with E-state index in [1.165, 1.54) is 31.4 Å². The van der Waals surface area contributed by atoms with E-state index in [2.05, 4.69) is 10.1 Å². The van der Waals surface area contributed by atoms with Crippen LogP contribution in [0.1, 0.15) is 35.3 Å². The van der Waals surface area contributed by atoms with Crippen molar-refractivity contribution in [1.82, 2.24) is 5.32 Å². The number of ether oxygens (including phenoxy) is 1. The van der Waals surface area contributed by atoms with E-state index in [0.717, 1.165) is 6.92 Å². The van der Waals surface area contributed by atoms with Gasteiger partial charge in [0.1, 0.15) is 0 Å². The number of halogens is 3. The maximum Gasteiger partial charge on any atom is 0.391 e. The van der Waals surface area contributed by atoms with Gasteiger partial charge < -0.3 is 10.1 Å². The van der Waals surface area contributed by atoms with Gasteiger partial charge in [0.25, 0.3) is 0 Å². The topological polar surface area (TPSA) is 55.4 Å². The number of amides is 1. The predicted octanol–water partition coefficient (Wildman–Crippen LogP) is 2.60. The van der Waals surface area contributed by atoms with Crippen molar-refractivity contribution >= 4 is 11.9 Å². The summed E-state index contributed by atoms with van der Waals surface area (Å²) in [5.74, 6) is -1.23. The van der Waals surface area contributed by atoms with E-state index < -0.39 is 30.5 Å². The van der Waals surface area contributed by atoms with Crippen LogP contribution in [0.15, 0.2) is 24.3 Å². The minimum Gasteiger partial charge on any atom is -0.465 e. The fourth-order valence-corrected chi connectivity index (χ4v) is 1.73. The average Bonchev–Trinajstić information content (AvgIpc) is 2.35. The highest BCUT2D eigenvalue weighted by Crippen LogP contribution is 2.29.